The highest BCUT2D eigenvalue weighted by molar-refractivity contribution is 5.61. The summed E-state index contributed by atoms with van der Waals surface area (Å²) in [7, 11) is 5.01. The van der Waals surface area contributed by atoms with Gasteiger partial charge in [0.15, 0.2) is 0 Å². The number of hydrogen-bond acceptors (Lipinski definition) is 9. The molecule has 0 bridgehead atoms. The van der Waals surface area contributed by atoms with E-state index in [1.54, 1.807) is 21.3 Å². The molecular weight excluding hydrogens is 500 g/mol. The summed E-state index contributed by atoms with van der Waals surface area (Å²) >= 11 is 0. The van der Waals surface area contributed by atoms with Crippen molar-refractivity contribution in [2.24, 2.45) is 0 Å². The largest absolute Gasteiger partial charge is 0.490 e. The van der Waals surface area contributed by atoms with Crippen LogP contribution in [0, 0.1) is 0 Å². The molecule has 4 rings (SSSR count). The van der Waals surface area contributed by atoms with E-state index in [9.17, 15) is 5.11 Å². The van der Waals surface area contributed by atoms with Crippen molar-refractivity contribution in [1.29, 1.82) is 0 Å². The third kappa shape index (κ3) is 8.38. The van der Waals surface area contributed by atoms with Crippen LogP contribution in [0.5, 0.6) is 5.75 Å². The molecule has 216 valence electrons. The van der Waals surface area contributed by atoms with Crippen LogP contribution in [0.3, 0.4) is 0 Å². The van der Waals surface area contributed by atoms with Gasteiger partial charge in [0, 0.05) is 53.5 Å². The number of nitrogens with one attached hydrogen (secondary N) is 1. The summed E-state index contributed by atoms with van der Waals surface area (Å²) in [4.78, 5) is 2.36. The van der Waals surface area contributed by atoms with E-state index in [2.05, 4.69) is 46.6 Å². The monoisotopic (exact) mass is 544 g/mol. The summed E-state index contributed by atoms with van der Waals surface area (Å²) in [6, 6.07) is 14.8. The Balaban J connectivity index is 1.48. The highest BCUT2D eigenvalue weighted by Crippen LogP contribution is 2.34. The molecule has 1 saturated heterocycles. The second-order valence-corrected chi connectivity index (χ2v) is 10.2. The van der Waals surface area contributed by atoms with E-state index in [0.29, 0.717) is 32.9 Å². The summed E-state index contributed by atoms with van der Waals surface area (Å²) in [5, 5.41) is 13.7. The number of anilines is 1. The van der Waals surface area contributed by atoms with Crippen molar-refractivity contribution in [3.63, 3.8) is 0 Å². The summed E-state index contributed by atoms with van der Waals surface area (Å²) in [5.74, 6) is 0.919. The lowest BCUT2D eigenvalue weighted by Crippen LogP contribution is -2.51. The van der Waals surface area contributed by atoms with Crippen LogP contribution < -0.4 is 15.0 Å². The molecule has 1 fully saturated rings. The number of hydrogen-bond donors (Lipinski definition) is 2. The molecule has 9 heteroatoms. The number of benzene rings is 2. The standard InChI is InChI=1S/C30H44N2O7/c1-34-13-4-11-32-12-14-37-27-10-7-23(15-26(27)32)19-38-28-16-31-17-29(39-21-25(33)20-36-3)30(28)24-8-5-22(6-9-24)18-35-2/h5-10,15,25,28-31,33H,4,11-14,16-21H2,1-3H3/t25-,28+,29+,30-/m1/s1. The molecule has 2 aromatic carbocycles. The molecule has 9 nitrogen and oxygen atoms in total. The van der Waals surface area contributed by atoms with Crippen molar-refractivity contribution in [1.82, 2.24) is 5.32 Å². The average Bonchev–Trinajstić information content (AvgIpc) is 2.96. The van der Waals surface area contributed by atoms with Crippen LogP contribution >= 0.6 is 0 Å². The highest BCUT2D eigenvalue weighted by atomic mass is 16.5. The molecule has 39 heavy (non-hydrogen) atoms. The van der Waals surface area contributed by atoms with Gasteiger partial charge in [-0.05, 0) is 35.2 Å². The zero-order valence-electron chi connectivity index (χ0n) is 23.5. The van der Waals surface area contributed by atoms with Crippen molar-refractivity contribution in [3.8, 4) is 5.75 Å². The first kappa shape index (κ1) is 29.7. The fourth-order valence-electron chi connectivity index (χ4n) is 5.34. The molecule has 2 heterocycles. The minimum atomic E-state index is -0.675. The van der Waals surface area contributed by atoms with Crippen molar-refractivity contribution in [2.45, 2.75) is 43.9 Å². The van der Waals surface area contributed by atoms with E-state index in [-0.39, 0.29) is 31.3 Å². The first-order valence-electron chi connectivity index (χ1n) is 13.8. The lowest BCUT2D eigenvalue weighted by atomic mass is 9.85. The van der Waals surface area contributed by atoms with Crippen LogP contribution in [0.1, 0.15) is 29.0 Å². The van der Waals surface area contributed by atoms with Gasteiger partial charge in [0.1, 0.15) is 18.5 Å². The van der Waals surface area contributed by atoms with Gasteiger partial charge in [-0.25, -0.2) is 0 Å². The minimum Gasteiger partial charge on any atom is -0.490 e. The highest BCUT2D eigenvalue weighted by Gasteiger charge is 2.36. The van der Waals surface area contributed by atoms with Crippen LogP contribution in [0.2, 0.25) is 0 Å². The average molecular weight is 545 g/mol. The number of aliphatic hydroxyl groups excluding tert-OH is 1. The number of nitrogens with zero attached hydrogens (tertiary/aromatic N) is 1. The third-order valence-electron chi connectivity index (χ3n) is 7.25. The molecule has 2 aliphatic rings. The van der Waals surface area contributed by atoms with Crippen molar-refractivity contribution < 1.29 is 33.5 Å². The smallest absolute Gasteiger partial charge is 0.142 e. The molecule has 0 aliphatic carbocycles. The van der Waals surface area contributed by atoms with Gasteiger partial charge in [0.05, 0.1) is 50.9 Å². The van der Waals surface area contributed by atoms with Crippen molar-refractivity contribution in [2.75, 3.05) is 78.8 Å². The second-order valence-electron chi connectivity index (χ2n) is 10.2. The van der Waals surface area contributed by atoms with Crippen LogP contribution in [0.15, 0.2) is 42.5 Å². The van der Waals surface area contributed by atoms with Gasteiger partial charge in [-0.15, -0.1) is 0 Å². The predicted molar refractivity (Wildman–Crippen MR) is 150 cm³/mol. The molecule has 2 aromatic rings. The molecule has 0 unspecified atom stereocenters. The van der Waals surface area contributed by atoms with E-state index in [0.717, 1.165) is 54.2 Å². The molecule has 2 N–H and O–H groups in total. The third-order valence-corrected chi connectivity index (χ3v) is 7.25. The van der Waals surface area contributed by atoms with Gasteiger partial charge in [-0.1, -0.05) is 30.3 Å². The SMILES string of the molecule is COCCCN1CCOc2ccc(CO[C@H]3CNC[C@H](OC[C@H](O)COC)[C@@H]3c3ccc(COC)cc3)cc21. The lowest BCUT2D eigenvalue weighted by Gasteiger charge is -2.39. The second kappa shape index (κ2) is 15.5. The quantitative estimate of drug-likeness (QED) is 0.329. The lowest BCUT2D eigenvalue weighted by molar-refractivity contribution is -0.0856. The fraction of sp³-hybridized carbons (Fsp3) is 0.600. The Labute approximate surface area is 232 Å². The van der Waals surface area contributed by atoms with E-state index in [4.69, 9.17) is 28.4 Å². The first-order valence-corrected chi connectivity index (χ1v) is 13.8. The van der Waals surface area contributed by atoms with Gasteiger partial charge in [-0.3, -0.25) is 0 Å². The molecule has 4 atom stereocenters. The number of methoxy groups -OCH3 is 3. The van der Waals surface area contributed by atoms with Crippen LogP contribution in [-0.2, 0) is 36.9 Å². The fourth-order valence-corrected chi connectivity index (χ4v) is 5.34. The van der Waals surface area contributed by atoms with Crippen LogP contribution in [0.25, 0.3) is 0 Å². The zero-order chi connectivity index (χ0) is 27.5. The maximum atomic E-state index is 10.2. The molecule has 0 aromatic heterocycles. The summed E-state index contributed by atoms with van der Waals surface area (Å²) in [6.45, 7) is 6.09. The van der Waals surface area contributed by atoms with E-state index in [1.165, 1.54) is 0 Å². The Kier molecular flexibility index (Phi) is 11.8. The molecule has 0 spiro atoms. The van der Waals surface area contributed by atoms with E-state index >= 15 is 0 Å². The maximum Gasteiger partial charge on any atom is 0.142 e. The molecule has 0 radical (unpaired) electrons. The van der Waals surface area contributed by atoms with Gasteiger partial charge in [0.25, 0.3) is 0 Å². The number of ether oxygens (including phenoxy) is 6. The van der Waals surface area contributed by atoms with E-state index < -0.39 is 6.10 Å². The minimum absolute atomic E-state index is 0.00379. The normalized spacial score (nSPS) is 21.8. The Hall–Kier alpha value is -2.24. The number of aliphatic hydroxyl groups is 1. The Morgan fingerprint density at radius 3 is 2.44 bits per heavy atom. The molecular formula is C30H44N2O7. The van der Waals surface area contributed by atoms with Gasteiger partial charge >= 0.3 is 0 Å². The van der Waals surface area contributed by atoms with Crippen molar-refractivity contribution in [3.05, 3.63) is 59.2 Å². The molecule has 2 aliphatic heterocycles. The van der Waals surface area contributed by atoms with Crippen LogP contribution in [-0.4, -0.2) is 97.4 Å². The first-order chi connectivity index (χ1) is 19.1. The van der Waals surface area contributed by atoms with Gasteiger partial charge in [-0.2, -0.15) is 0 Å². The Morgan fingerprint density at radius 1 is 0.923 bits per heavy atom. The molecule has 0 saturated carbocycles. The van der Waals surface area contributed by atoms with Gasteiger partial charge < -0.3 is 43.7 Å². The molecule has 0 amide bonds. The van der Waals surface area contributed by atoms with Gasteiger partial charge in [0.2, 0.25) is 0 Å². The van der Waals surface area contributed by atoms with E-state index in [1.807, 2.05) is 6.07 Å². The Morgan fingerprint density at radius 2 is 1.69 bits per heavy atom. The zero-order valence-corrected chi connectivity index (χ0v) is 23.5. The predicted octanol–water partition coefficient (Wildman–Crippen LogP) is 2.73. The number of piperidine rings is 1. The Bertz CT molecular complexity index is 990. The van der Waals surface area contributed by atoms with Crippen molar-refractivity contribution >= 4 is 5.69 Å². The summed E-state index contributed by atoms with van der Waals surface area (Å²) in [6.07, 6.45) is 0.0272. The summed E-state index contributed by atoms with van der Waals surface area (Å²) in [5.41, 5.74) is 4.48. The topological polar surface area (TPSA) is 90.9 Å². The van der Waals surface area contributed by atoms with Crippen LogP contribution in [0.4, 0.5) is 5.69 Å². The maximum absolute atomic E-state index is 10.2. The summed E-state index contributed by atoms with van der Waals surface area (Å²) < 4.78 is 34.3. The number of fused-ring (bicyclic) bond motifs is 1. The number of rotatable bonds is 15.